The summed E-state index contributed by atoms with van der Waals surface area (Å²) in [5.41, 5.74) is 0. The molecule has 0 aliphatic rings. The summed E-state index contributed by atoms with van der Waals surface area (Å²) in [7, 11) is 0. The van der Waals surface area contributed by atoms with E-state index in [0.29, 0.717) is 0 Å². The van der Waals surface area contributed by atoms with Gasteiger partial charge in [-0.25, -0.2) is 0 Å². The van der Waals surface area contributed by atoms with Crippen molar-refractivity contribution in [3.05, 3.63) is 13.8 Å². The van der Waals surface area contributed by atoms with Crippen molar-refractivity contribution in [1.29, 1.82) is 0 Å². The first-order chi connectivity index (χ1) is 4.83. The van der Waals surface area contributed by atoms with Gasteiger partial charge >= 0.3 is 32.0 Å². The topological polar surface area (TPSA) is 0 Å². The largest absolute Gasteiger partial charge is 0.343 e. The molecule has 0 saturated carbocycles. The van der Waals surface area contributed by atoms with Gasteiger partial charge in [0.15, 0.2) is 0 Å². The summed E-state index contributed by atoms with van der Waals surface area (Å²) < 4.78 is 0. The van der Waals surface area contributed by atoms with E-state index in [1.807, 2.05) is 0 Å². The third-order valence-electron chi connectivity index (χ3n) is 0.707. The van der Waals surface area contributed by atoms with Gasteiger partial charge in [0.1, 0.15) is 0 Å². The molecule has 0 aliphatic carbocycles. The molecule has 2 heteroatoms. The summed E-state index contributed by atoms with van der Waals surface area (Å²) in [6.07, 6.45) is 4.56. The molecule has 0 amide bonds. The van der Waals surface area contributed by atoms with Crippen molar-refractivity contribution >= 4 is 13.0 Å². The minimum absolute atomic E-state index is 1.07. The van der Waals surface area contributed by atoms with Crippen molar-refractivity contribution in [2.24, 2.45) is 0 Å². The Morgan fingerprint density at radius 3 is 1.10 bits per heavy atom. The van der Waals surface area contributed by atoms with Crippen molar-refractivity contribution in [2.75, 3.05) is 0 Å². The molecule has 0 heterocycles. The average molecular weight is 391 g/mol. The number of hydrogen-bond donors (Lipinski definition) is 0. The molecule has 0 nitrogen and oxygen atoms in total. The van der Waals surface area contributed by atoms with Crippen LogP contribution < -0.4 is 0 Å². The number of halogens is 1. The van der Waals surface area contributed by atoms with E-state index in [1.165, 1.54) is 12.8 Å². The van der Waals surface area contributed by atoms with Crippen LogP contribution in [0.15, 0.2) is 0 Å². The standard InChI is InChI=1S/2C4H9.Au.BrH/c2*1-3-4-2;;/h2*1,3-4H2,2H3;;1H/q2*-1;+1;/p-1. The molecule has 0 aliphatic heterocycles. The van der Waals surface area contributed by atoms with Gasteiger partial charge in [-0.05, 0) is 0 Å². The molecule has 10 heavy (non-hydrogen) atoms. The van der Waals surface area contributed by atoms with Crippen LogP contribution in [-0.4, -0.2) is 0 Å². The molecule has 0 aromatic rings. The van der Waals surface area contributed by atoms with Gasteiger partial charge in [-0.1, -0.05) is 26.7 Å². The summed E-state index contributed by atoms with van der Waals surface area (Å²) in [4.78, 5) is 0. The summed E-state index contributed by atoms with van der Waals surface area (Å²) in [5, 5.41) is 0. The molecule has 0 fully saturated rings. The third-order valence-corrected chi connectivity index (χ3v) is 0.707. The van der Waals surface area contributed by atoms with Crippen LogP contribution in [0.1, 0.15) is 39.5 Å². The van der Waals surface area contributed by atoms with Crippen LogP contribution in [0.5, 0.6) is 0 Å². The molecular weight excluding hydrogens is 373 g/mol. The molecule has 70 valence electrons. The first-order valence-corrected chi connectivity index (χ1v) is 8.26. The van der Waals surface area contributed by atoms with Gasteiger partial charge in [-0.2, -0.15) is 12.8 Å². The van der Waals surface area contributed by atoms with Crippen molar-refractivity contribution in [1.82, 2.24) is 0 Å². The Hall–Kier alpha value is 1.22. The van der Waals surface area contributed by atoms with E-state index < -0.39 is 0 Å². The molecule has 0 atom stereocenters. The minimum Gasteiger partial charge on any atom is -0.343 e. The van der Waals surface area contributed by atoms with Crippen LogP contribution in [0.4, 0.5) is 0 Å². The maximum atomic E-state index is 3.60. The first kappa shape index (κ1) is 17.3. The average Bonchev–Trinajstić information content (AvgIpc) is 2.08. The molecule has 0 N–H and O–H groups in total. The van der Waals surface area contributed by atoms with Gasteiger partial charge in [-0.15, -0.1) is 0 Å². The quantitative estimate of drug-likeness (QED) is 0.492. The van der Waals surface area contributed by atoms with Gasteiger partial charge in [0, 0.05) is 0 Å². The van der Waals surface area contributed by atoms with Gasteiger partial charge in [0.05, 0.1) is 0 Å². The van der Waals surface area contributed by atoms with Crippen molar-refractivity contribution in [2.45, 2.75) is 39.5 Å². The fourth-order valence-corrected chi connectivity index (χ4v) is 0. The molecule has 0 aromatic carbocycles. The van der Waals surface area contributed by atoms with Crippen LogP contribution >= 0.6 is 13.0 Å². The molecule has 0 rings (SSSR count). The van der Waals surface area contributed by atoms with Crippen molar-refractivity contribution in [3.63, 3.8) is 0 Å². The summed E-state index contributed by atoms with van der Waals surface area (Å²) in [5.74, 6) is 0. The van der Waals surface area contributed by atoms with E-state index in [0.717, 1.165) is 12.8 Å². The zero-order valence-electron chi connectivity index (χ0n) is 6.92. The van der Waals surface area contributed by atoms with Crippen molar-refractivity contribution in [3.8, 4) is 0 Å². The molecule has 0 saturated heterocycles. The molecule has 0 spiro atoms. The molecule has 0 unspecified atom stereocenters. The molecule has 0 aromatic heterocycles. The van der Waals surface area contributed by atoms with Crippen LogP contribution in [0, 0.1) is 13.8 Å². The number of rotatable bonds is 2. The Balaban J connectivity index is -0.0000000787. The van der Waals surface area contributed by atoms with Gasteiger partial charge in [0.25, 0.3) is 0 Å². The SMILES string of the molecule is [Br][Au].[CH2-]CCC.[CH2-]CCC. The molecule has 0 radical (unpaired) electrons. The second-order valence-electron chi connectivity index (χ2n) is 1.71. The normalized spacial score (nSPS) is 6.70. The molecular formula is C8H18AuBr-2. The van der Waals surface area contributed by atoms with Crippen LogP contribution in [-0.2, 0) is 18.9 Å². The zero-order valence-corrected chi connectivity index (χ0v) is 10.7. The third kappa shape index (κ3) is 60.1. The van der Waals surface area contributed by atoms with Crippen LogP contribution in [0.3, 0.4) is 0 Å². The second kappa shape index (κ2) is 31.9. The number of unbranched alkanes of at least 4 members (excludes halogenated alkanes) is 2. The van der Waals surface area contributed by atoms with E-state index >= 15 is 0 Å². The van der Waals surface area contributed by atoms with E-state index in [9.17, 15) is 0 Å². The summed E-state index contributed by atoms with van der Waals surface area (Å²) in [6, 6.07) is 0. The van der Waals surface area contributed by atoms with Gasteiger partial charge in [0.2, 0.25) is 0 Å². The minimum atomic E-state index is 1.07. The summed E-state index contributed by atoms with van der Waals surface area (Å²) in [6.45, 7) is 11.4. The fraction of sp³-hybridized carbons (Fsp3) is 0.750. The van der Waals surface area contributed by atoms with E-state index in [2.05, 4.69) is 59.7 Å². The zero-order chi connectivity index (χ0) is 8.83. The molecule has 0 bridgehead atoms. The second-order valence-corrected chi connectivity index (χ2v) is 1.71. The Morgan fingerprint density at radius 2 is 1.10 bits per heavy atom. The number of hydrogen-bond acceptors (Lipinski definition) is 0. The fourth-order valence-electron chi connectivity index (χ4n) is 0. The van der Waals surface area contributed by atoms with Crippen molar-refractivity contribution < 1.29 is 18.9 Å². The Kier molecular flexibility index (Phi) is 55.3. The van der Waals surface area contributed by atoms with E-state index in [4.69, 9.17) is 0 Å². The first-order valence-electron chi connectivity index (χ1n) is 3.53. The Labute approximate surface area is 85.0 Å². The van der Waals surface area contributed by atoms with Gasteiger partial charge < -0.3 is 13.8 Å². The van der Waals surface area contributed by atoms with E-state index in [-0.39, 0.29) is 0 Å². The monoisotopic (exact) mass is 390 g/mol. The maximum absolute atomic E-state index is 3.60. The Bertz CT molecular complexity index is 17.2. The van der Waals surface area contributed by atoms with Gasteiger partial charge in [-0.3, -0.25) is 0 Å². The maximum Gasteiger partial charge on any atom is -0.0678 e. The van der Waals surface area contributed by atoms with Crippen LogP contribution in [0.25, 0.3) is 0 Å². The van der Waals surface area contributed by atoms with Crippen LogP contribution in [0.2, 0.25) is 0 Å². The Morgan fingerprint density at radius 1 is 1.00 bits per heavy atom. The predicted molar refractivity (Wildman–Crippen MR) is 49.5 cm³/mol. The smallest absolute Gasteiger partial charge is 0.0678 e. The predicted octanol–water partition coefficient (Wildman–Crippen LogP) is 4.08. The van der Waals surface area contributed by atoms with E-state index in [1.54, 1.807) is 0 Å². The summed E-state index contributed by atoms with van der Waals surface area (Å²) >= 11 is 4.97.